The van der Waals surface area contributed by atoms with E-state index in [0.717, 1.165) is 19.6 Å². The second-order valence-electron chi connectivity index (χ2n) is 4.27. The van der Waals surface area contributed by atoms with E-state index < -0.39 is 9.84 Å². The van der Waals surface area contributed by atoms with Crippen molar-refractivity contribution < 1.29 is 13.2 Å². The minimum Gasteiger partial charge on any atom is -0.379 e. The first kappa shape index (κ1) is 12.9. The lowest BCUT2D eigenvalue weighted by molar-refractivity contribution is 0.0711. The van der Waals surface area contributed by atoms with E-state index in [1.165, 1.54) is 0 Å². The van der Waals surface area contributed by atoms with E-state index in [1.807, 2.05) is 13.8 Å². The van der Waals surface area contributed by atoms with Crippen molar-refractivity contribution in [1.29, 1.82) is 0 Å². The van der Waals surface area contributed by atoms with Crippen molar-refractivity contribution in [2.45, 2.75) is 26.4 Å². The highest BCUT2D eigenvalue weighted by atomic mass is 32.2. The van der Waals surface area contributed by atoms with Crippen LogP contribution in [0, 0.1) is 0 Å². The Morgan fingerprint density at radius 1 is 1.27 bits per heavy atom. The second-order valence-corrected chi connectivity index (χ2v) is 6.57. The lowest BCUT2D eigenvalue weighted by Crippen LogP contribution is -2.40. The normalized spacial score (nSPS) is 22.1. The Kier molecular flexibility index (Phi) is 5.02. The van der Waals surface area contributed by atoms with Gasteiger partial charge in [-0.25, -0.2) is 8.42 Å². The molecule has 1 rings (SSSR count). The topological polar surface area (TPSA) is 46.6 Å². The summed E-state index contributed by atoms with van der Waals surface area (Å²) in [6.07, 6.45) is 1.27. The Balaban J connectivity index is 2.09. The number of ether oxygens (including phenoxy) is 1. The van der Waals surface area contributed by atoms with Crippen LogP contribution >= 0.6 is 0 Å². The second kappa shape index (κ2) is 5.82. The maximum atomic E-state index is 11.2. The Labute approximate surface area is 92.5 Å². The molecular weight excluding hydrogens is 214 g/mol. The third kappa shape index (κ3) is 5.49. The molecule has 4 nitrogen and oxygen atoms in total. The summed E-state index contributed by atoms with van der Waals surface area (Å²) in [7, 11) is -2.73. The van der Waals surface area contributed by atoms with Gasteiger partial charge in [-0.15, -0.1) is 0 Å². The molecule has 1 aliphatic heterocycles. The monoisotopic (exact) mass is 235 g/mol. The average molecular weight is 235 g/mol. The number of hydrogen-bond donors (Lipinski definition) is 0. The van der Waals surface area contributed by atoms with Crippen molar-refractivity contribution in [2.75, 3.05) is 37.7 Å². The maximum Gasteiger partial charge on any atom is 0.152 e. The molecule has 0 amide bonds. The van der Waals surface area contributed by atoms with Crippen LogP contribution in [0.15, 0.2) is 0 Å². The van der Waals surface area contributed by atoms with Crippen LogP contribution in [-0.2, 0) is 14.6 Å². The lowest BCUT2D eigenvalue weighted by Gasteiger charge is -2.26. The molecule has 0 aromatic carbocycles. The van der Waals surface area contributed by atoms with Crippen molar-refractivity contribution in [1.82, 2.24) is 4.90 Å². The molecule has 15 heavy (non-hydrogen) atoms. The summed E-state index contributed by atoms with van der Waals surface area (Å²) in [5.41, 5.74) is 0. The van der Waals surface area contributed by atoms with Gasteiger partial charge < -0.3 is 9.64 Å². The molecule has 0 radical (unpaired) electrons. The summed E-state index contributed by atoms with van der Waals surface area (Å²) in [4.78, 5) is 2.20. The lowest BCUT2D eigenvalue weighted by atomic mass is 10.4. The molecule has 0 N–H and O–H groups in total. The van der Waals surface area contributed by atoms with Crippen LogP contribution in [0.2, 0.25) is 0 Å². The van der Waals surface area contributed by atoms with Gasteiger partial charge in [0.15, 0.2) is 9.84 Å². The molecule has 0 unspecified atom stereocenters. The maximum absolute atomic E-state index is 11.2. The van der Waals surface area contributed by atoms with E-state index in [2.05, 4.69) is 4.90 Å². The first-order valence-electron chi connectivity index (χ1n) is 5.54. The van der Waals surface area contributed by atoms with Crippen LogP contribution in [0.1, 0.15) is 20.3 Å². The molecule has 0 atom stereocenters. The van der Waals surface area contributed by atoms with Crippen LogP contribution in [-0.4, -0.2) is 57.2 Å². The summed E-state index contributed by atoms with van der Waals surface area (Å²) < 4.78 is 27.8. The molecule has 0 aliphatic carbocycles. The zero-order valence-electron chi connectivity index (χ0n) is 9.61. The Bertz CT molecular complexity index is 260. The third-order valence-corrected chi connectivity index (χ3v) is 4.12. The molecule has 1 aliphatic rings. The van der Waals surface area contributed by atoms with E-state index in [4.69, 9.17) is 4.74 Å². The van der Waals surface area contributed by atoms with E-state index in [1.54, 1.807) is 0 Å². The van der Waals surface area contributed by atoms with Gasteiger partial charge in [0.2, 0.25) is 0 Å². The SMILES string of the molecule is CC(C)OCCCN1CCS(=O)(=O)CC1. The standard InChI is InChI=1S/C10H21NO3S/c1-10(2)14-7-3-4-11-5-8-15(12,13)9-6-11/h10H,3-9H2,1-2H3. The molecule has 0 spiro atoms. The van der Waals surface area contributed by atoms with Crippen LogP contribution in [0.25, 0.3) is 0 Å². The molecule has 1 saturated heterocycles. The zero-order valence-corrected chi connectivity index (χ0v) is 10.4. The van der Waals surface area contributed by atoms with Gasteiger partial charge in [-0.2, -0.15) is 0 Å². The van der Waals surface area contributed by atoms with E-state index >= 15 is 0 Å². The molecule has 0 bridgehead atoms. The first-order chi connectivity index (χ1) is 6.99. The Morgan fingerprint density at radius 3 is 2.40 bits per heavy atom. The van der Waals surface area contributed by atoms with Gasteiger partial charge in [0.05, 0.1) is 17.6 Å². The Hall–Kier alpha value is -0.130. The fraction of sp³-hybridized carbons (Fsp3) is 1.00. The van der Waals surface area contributed by atoms with E-state index in [-0.39, 0.29) is 6.10 Å². The highest BCUT2D eigenvalue weighted by Crippen LogP contribution is 2.04. The van der Waals surface area contributed by atoms with Crippen molar-refractivity contribution >= 4 is 9.84 Å². The van der Waals surface area contributed by atoms with Gasteiger partial charge in [0, 0.05) is 26.2 Å². The molecule has 90 valence electrons. The van der Waals surface area contributed by atoms with Crippen LogP contribution < -0.4 is 0 Å². The molecule has 0 saturated carbocycles. The average Bonchev–Trinajstić information content (AvgIpc) is 2.14. The van der Waals surface area contributed by atoms with Crippen LogP contribution in [0.3, 0.4) is 0 Å². The highest BCUT2D eigenvalue weighted by molar-refractivity contribution is 7.91. The fourth-order valence-corrected chi connectivity index (χ4v) is 2.86. The number of rotatable bonds is 5. The van der Waals surface area contributed by atoms with Gasteiger partial charge in [-0.05, 0) is 20.3 Å². The Morgan fingerprint density at radius 2 is 1.87 bits per heavy atom. The van der Waals surface area contributed by atoms with Crippen molar-refractivity contribution in [3.63, 3.8) is 0 Å². The van der Waals surface area contributed by atoms with Crippen molar-refractivity contribution in [3.8, 4) is 0 Å². The highest BCUT2D eigenvalue weighted by Gasteiger charge is 2.20. The van der Waals surface area contributed by atoms with E-state index in [0.29, 0.717) is 24.6 Å². The minimum atomic E-state index is -2.73. The summed E-state index contributed by atoms with van der Waals surface area (Å²) in [5.74, 6) is 0.635. The van der Waals surface area contributed by atoms with Gasteiger partial charge in [0.25, 0.3) is 0 Å². The van der Waals surface area contributed by atoms with Crippen LogP contribution in [0.5, 0.6) is 0 Å². The number of nitrogens with zero attached hydrogens (tertiary/aromatic N) is 1. The quantitative estimate of drug-likeness (QED) is 0.652. The fourth-order valence-electron chi connectivity index (χ4n) is 1.58. The summed E-state index contributed by atoms with van der Waals surface area (Å²) >= 11 is 0. The molecule has 1 heterocycles. The smallest absolute Gasteiger partial charge is 0.152 e. The van der Waals surface area contributed by atoms with Gasteiger partial charge >= 0.3 is 0 Å². The minimum absolute atomic E-state index is 0.284. The summed E-state index contributed by atoms with van der Waals surface area (Å²) in [6, 6.07) is 0. The van der Waals surface area contributed by atoms with Gasteiger partial charge in [0.1, 0.15) is 0 Å². The largest absolute Gasteiger partial charge is 0.379 e. The summed E-state index contributed by atoms with van der Waals surface area (Å²) in [5, 5.41) is 0. The van der Waals surface area contributed by atoms with Gasteiger partial charge in [-0.1, -0.05) is 0 Å². The number of sulfone groups is 1. The molecule has 1 fully saturated rings. The third-order valence-electron chi connectivity index (χ3n) is 2.51. The summed E-state index contributed by atoms with van der Waals surface area (Å²) in [6.45, 7) is 7.12. The van der Waals surface area contributed by atoms with Crippen molar-refractivity contribution in [2.24, 2.45) is 0 Å². The molecule has 5 heteroatoms. The molecular formula is C10H21NO3S. The predicted molar refractivity (Wildman–Crippen MR) is 60.8 cm³/mol. The van der Waals surface area contributed by atoms with E-state index in [9.17, 15) is 8.42 Å². The number of hydrogen-bond acceptors (Lipinski definition) is 4. The van der Waals surface area contributed by atoms with Crippen LogP contribution in [0.4, 0.5) is 0 Å². The van der Waals surface area contributed by atoms with Gasteiger partial charge in [-0.3, -0.25) is 0 Å². The van der Waals surface area contributed by atoms with Crippen molar-refractivity contribution in [3.05, 3.63) is 0 Å². The zero-order chi connectivity index (χ0) is 11.3. The predicted octanol–water partition coefficient (Wildman–Crippen LogP) is 0.532. The molecule has 0 aromatic rings. The molecule has 0 aromatic heterocycles. The first-order valence-corrected chi connectivity index (χ1v) is 7.36.